The summed E-state index contributed by atoms with van der Waals surface area (Å²) in [5.41, 5.74) is 1.14. The third kappa shape index (κ3) is 4.21. The fourth-order valence-corrected chi connectivity index (χ4v) is 4.03. The Morgan fingerprint density at radius 2 is 1.96 bits per heavy atom. The predicted molar refractivity (Wildman–Crippen MR) is 101 cm³/mol. The first-order valence-electron chi connectivity index (χ1n) is 8.89. The van der Waals surface area contributed by atoms with Crippen LogP contribution in [0.25, 0.3) is 0 Å². The number of likely N-dealkylation sites (tertiary alicyclic amines) is 1. The zero-order valence-electron chi connectivity index (χ0n) is 15.3. The molecule has 2 aliphatic heterocycles. The minimum absolute atomic E-state index is 0. The number of carbonyl (C=O) groups excluding carboxylic acids is 1. The molecule has 25 heavy (non-hydrogen) atoms. The zero-order chi connectivity index (χ0) is 17.1. The highest BCUT2D eigenvalue weighted by atomic mass is 35.5. The molecular weight excluding hydrogens is 340 g/mol. The molecule has 2 fully saturated rings. The van der Waals surface area contributed by atoms with Crippen LogP contribution in [0.1, 0.15) is 44.2 Å². The summed E-state index contributed by atoms with van der Waals surface area (Å²) in [6.45, 7) is 3.96. The Morgan fingerprint density at radius 3 is 2.64 bits per heavy atom. The van der Waals surface area contributed by atoms with Gasteiger partial charge in [0.1, 0.15) is 0 Å². The highest BCUT2D eigenvalue weighted by Crippen LogP contribution is 2.38. The molecular formula is C19H29ClN2O3. The number of amides is 1. The summed E-state index contributed by atoms with van der Waals surface area (Å²) < 4.78 is 10.7. The average molecular weight is 369 g/mol. The second-order valence-corrected chi connectivity index (χ2v) is 6.88. The molecule has 3 rings (SSSR count). The number of hydrogen-bond donors (Lipinski definition) is 1. The number of nitrogens with zero attached hydrogens (tertiary/aromatic N) is 1. The number of halogens is 1. The fraction of sp³-hybridized carbons (Fsp3) is 0.632. The van der Waals surface area contributed by atoms with E-state index in [-0.39, 0.29) is 24.4 Å². The summed E-state index contributed by atoms with van der Waals surface area (Å²) in [5, 5.41) is 3.43. The number of nitrogens with one attached hydrogen (secondary N) is 1. The Bertz CT molecular complexity index is 596. The van der Waals surface area contributed by atoms with Crippen LogP contribution in [-0.4, -0.2) is 44.2 Å². The fourth-order valence-electron chi connectivity index (χ4n) is 4.03. The molecule has 2 aliphatic rings. The van der Waals surface area contributed by atoms with Crippen LogP contribution in [0, 0.1) is 5.92 Å². The largest absolute Gasteiger partial charge is 0.493 e. The van der Waals surface area contributed by atoms with E-state index >= 15 is 0 Å². The standard InChI is InChI=1S/C19H28N2O3.ClH/c1-13-11-15(8-9-20-13)19(22)21-10-4-5-16(21)14-6-7-17(23-2)18(12-14)24-3;/h6-7,12-13,15-16,20H,4-5,8-11H2,1-3H3;1H/t13-,15-,16?;/m0./s1. The lowest BCUT2D eigenvalue weighted by Gasteiger charge is -2.33. The predicted octanol–water partition coefficient (Wildman–Crippen LogP) is 3.18. The van der Waals surface area contributed by atoms with E-state index in [1.807, 2.05) is 12.1 Å². The van der Waals surface area contributed by atoms with Crippen molar-refractivity contribution in [3.63, 3.8) is 0 Å². The highest BCUT2D eigenvalue weighted by Gasteiger charge is 2.35. The van der Waals surface area contributed by atoms with Gasteiger partial charge in [0.15, 0.2) is 11.5 Å². The molecule has 2 heterocycles. The number of benzene rings is 1. The van der Waals surface area contributed by atoms with Crippen LogP contribution in [0.4, 0.5) is 0 Å². The number of carbonyl (C=O) groups is 1. The molecule has 1 aromatic carbocycles. The van der Waals surface area contributed by atoms with Gasteiger partial charge < -0.3 is 19.7 Å². The maximum Gasteiger partial charge on any atom is 0.226 e. The van der Waals surface area contributed by atoms with Crippen LogP contribution in [0.15, 0.2) is 18.2 Å². The summed E-state index contributed by atoms with van der Waals surface area (Å²) in [7, 11) is 3.29. The first-order valence-corrected chi connectivity index (χ1v) is 8.89. The van der Waals surface area contributed by atoms with E-state index in [1.54, 1.807) is 14.2 Å². The molecule has 0 bridgehead atoms. The molecule has 1 unspecified atom stereocenters. The van der Waals surface area contributed by atoms with E-state index in [2.05, 4.69) is 23.2 Å². The molecule has 1 N–H and O–H groups in total. The quantitative estimate of drug-likeness (QED) is 0.886. The van der Waals surface area contributed by atoms with Crippen molar-refractivity contribution < 1.29 is 14.3 Å². The van der Waals surface area contributed by atoms with Gasteiger partial charge >= 0.3 is 0 Å². The first-order chi connectivity index (χ1) is 11.6. The third-order valence-corrected chi connectivity index (χ3v) is 5.30. The van der Waals surface area contributed by atoms with Crippen molar-refractivity contribution in [3.8, 4) is 11.5 Å². The lowest BCUT2D eigenvalue weighted by atomic mass is 9.91. The van der Waals surface area contributed by atoms with Crippen LogP contribution < -0.4 is 14.8 Å². The molecule has 5 nitrogen and oxygen atoms in total. The van der Waals surface area contributed by atoms with Crippen molar-refractivity contribution in [2.45, 2.75) is 44.7 Å². The number of methoxy groups -OCH3 is 2. The lowest BCUT2D eigenvalue weighted by Crippen LogP contribution is -2.44. The van der Waals surface area contributed by atoms with E-state index in [4.69, 9.17) is 9.47 Å². The van der Waals surface area contributed by atoms with Crippen LogP contribution >= 0.6 is 12.4 Å². The topological polar surface area (TPSA) is 50.8 Å². The summed E-state index contributed by atoms with van der Waals surface area (Å²) >= 11 is 0. The van der Waals surface area contributed by atoms with Gasteiger partial charge in [-0.1, -0.05) is 6.07 Å². The maximum atomic E-state index is 13.0. The normalized spacial score (nSPS) is 26.0. The monoisotopic (exact) mass is 368 g/mol. The highest BCUT2D eigenvalue weighted by molar-refractivity contribution is 5.85. The molecule has 140 valence electrons. The Morgan fingerprint density at radius 1 is 1.20 bits per heavy atom. The van der Waals surface area contributed by atoms with Gasteiger partial charge in [-0.2, -0.15) is 0 Å². The Labute approximate surface area is 156 Å². The van der Waals surface area contributed by atoms with Crippen molar-refractivity contribution in [3.05, 3.63) is 23.8 Å². The number of rotatable bonds is 4. The first kappa shape index (κ1) is 19.9. The van der Waals surface area contributed by atoms with Crippen LogP contribution in [0.2, 0.25) is 0 Å². The minimum atomic E-state index is 0. The van der Waals surface area contributed by atoms with E-state index in [1.165, 1.54) is 0 Å². The molecule has 0 radical (unpaired) electrons. The Kier molecular flexibility index (Phi) is 6.96. The maximum absolute atomic E-state index is 13.0. The minimum Gasteiger partial charge on any atom is -0.493 e. The van der Waals surface area contributed by atoms with Gasteiger partial charge in [-0.25, -0.2) is 0 Å². The second-order valence-electron chi connectivity index (χ2n) is 6.88. The van der Waals surface area contributed by atoms with E-state index < -0.39 is 0 Å². The van der Waals surface area contributed by atoms with E-state index in [0.29, 0.717) is 11.9 Å². The van der Waals surface area contributed by atoms with E-state index in [0.717, 1.165) is 55.8 Å². The summed E-state index contributed by atoms with van der Waals surface area (Å²) in [4.78, 5) is 15.1. The van der Waals surface area contributed by atoms with Gasteiger partial charge in [-0.15, -0.1) is 12.4 Å². The van der Waals surface area contributed by atoms with Gasteiger partial charge in [0.05, 0.1) is 20.3 Å². The van der Waals surface area contributed by atoms with Gasteiger partial charge in [0, 0.05) is 18.5 Å². The molecule has 1 amide bonds. The summed E-state index contributed by atoms with van der Waals surface area (Å²) in [6, 6.07) is 6.59. The molecule has 2 saturated heterocycles. The number of piperidine rings is 1. The number of ether oxygens (including phenoxy) is 2. The van der Waals surface area contributed by atoms with Gasteiger partial charge in [0.2, 0.25) is 5.91 Å². The van der Waals surface area contributed by atoms with Crippen molar-refractivity contribution in [1.29, 1.82) is 0 Å². The average Bonchev–Trinajstić information content (AvgIpc) is 3.10. The lowest BCUT2D eigenvalue weighted by molar-refractivity contribution is -0.137. The zero-order valence-corrected chi connectivity index (χ0v) is 16.1. The number of hydrogen-bond acceptors (Lipinski definition) is 4. The van der Waals surface area contributed by atoms with Crippen molar-refractivity contribution >= 4 is 18.3 Å². The van der Waals surface area contributed by atoms with Crippen molar-refractivity contribution in [2.24, 2.45) is 5.92 Å². The summed E-state index contributed by atoms with van der Waals surface area (Å²) in [5.74, 6) is 1.93. The van der Waals surface area contributed by atoms with Gasteiger partial charge in [-0.3, -0.25) is 4.79 Å². The van der Waals surface area contributed by atoms with Crippen LogP contribution in [-0.2, 0) is 4.79 Å². The molecule has 0 spiro atoms. The smallest absolute Gasteiger partial charge is 0.226 e. The molecule has 3 atom stereocenters. The molecule has 0 saturated carbocycles. The van der Waals surface area contributed by atoms with Crippen LogP contribution in [0.5, 0.6) is 11.5 Å². The molecule has 0 aliphatic carbocycles. The molecule has 6 heteroatoms. The second kappa shape index (κ2) is 8.77. The van der Waals surface area contributed by atoms with Gasteiger partial charge in [0.25, 0.3) is 0 Å². The third-order valence-electron chi connectivity index (χ3n) is 5.30. The molecule has 0 aromatic heterocycles. The van der Waals surface area contributed by atoms with Gasteiger partial charge in [-0.05, 0) is 56.8 Å². The Balaban J connectivity index is 0.00000225. The Hall–Kier alpha value is -1.46. The van der Waals surface area contributed by atoms with E-state index in [9.17, 15) is 4.79 Å². The molecule has 1 aromatic rings. The van der Waals surface area contributed by atoms with Crippen LogP contribution in [0.3, 0.4) is 0 Å². The van der Waals surface area contributed by atoms with Crippen molar-refractivity contribution in [1.82, 2.24) is 10.2 Å². The van der Waals surface area contributed by atoms with Crippen molar-refractivity contribution in [2.75, 3.05) is 27.3 Å². The SMILES string of the molecule is COc1ccc(C2CCCN2C(=O)[C@H]2CCN[C@@H](C)C2)cc1OC.Cl. The summed E-state index contributed by atoms with van der Waals surface area (Å²) in [6.07, 6.45) is 3.96.